The Kier molecular flexibility index (Phi) is 10.6. The first kappa shape index (κ1) is 15.5. The van der Waals surface area contributed by atoms with Crippen LogP contribution >= 0.6 is 0 Å². The summed E-state index contributed by atoms with van der Waals surface area (Å²) in [7, 11) is 4.29. The maximum Gasteiger partial charge on any atom is 0.00443 e. The Morgan fingerprint density at radius 1 is 1.12 bits per heavy atom. The third kappa shape index (κ3) is 10.0. The summed E-state index contributed by atoms with van der Waals surface area (Å²) in [5.74, 6) is 0.674. The van der Waals surface area contributed by atoms with E-state index in [2.05, 4.69) is 50.7 Å². The van der Waals surface area contributed by atoms with Gasteiger partial charge in [0, 0.05) is 6.54 Å². The summed E-state index contributed by atoms with van der Waals surface area (Å²) in [6.45, 7) is 5.63. The van der Waals surface area contributed by atoms with Crippen molar-refractivity contribution in [2.75, 3.05) is 20.6 Å². The Morgan fingerprint density at radius 2 is 1.81 bits per heavy atom. The Hall–Kier alpha value is -0.520. The summed E-state index contributed by atoms with van der Waals surface area (Å²) in [5, 5.41) is 0. The van der Waals surface area contributed by atoms with Crippen LogP contribution in [0.5, 0.6) is 0 Å². The number of hydrogen-bond acceptors (Lipinski definition) is 1. The minimum atomic E-state index is 0.674. The Labute approximate surface area is 102 Å². The van der Waals surface area contributed by atoms with Gasteiger partial charge in [-0.1, -0.05) is 33.1 Å². The van der Waals surface area contributed by atoms with Crippen LogP contribution in [0.2, 0.25) is 0 Å². The van der Waals surface area contributed by atoms with Gasteiger partial charge >= 0.3 is 0 Å². The average molecular weight is 223 g/mol. The third-order valence-electron chi connectivity index (χ3n) is 2.68. The zero-order valence-electron chi connectivity index (χ0n) is 11.6. The highest BCUT2D eigenvalue weighted by atomic mass is 15.1. The van der Waals surface area contributed by atoms with Crippen molar-refractivity contribution in [3.8, 4) is 0 Å². The third-order valence-corrected chi connectivity index (χ3v) is 2.68. The Bertz CT molecular complexity index is 199. The second kappa shape index (κ2) is 11.0. The number of rotatable bonds is 9. The van der Waals surface area contributed by atoms with Crippen LogP contribution in [0.3, 0.4) is 0 Å². The molecule has 16 heavy (non-hydrogen) atoms. The van der Waals surface area contributed by atoms with Crippen molar-refractivity contribution in [2.45, 2.75) is 52.4 Å². The van der Waals surface area contributed by atoms with Gasteiger partial charge in [-0.3, -0.25) is 0 Å². The standard InChI is InChI=1S/C15H29N/c1-5-7-9-10-11-13-15(12-8-6-2)14-16(3)4/h10,13,15H,5-9,12,14H2,1-4H3. The smallest absolute Gasteiger partial charge is 0.00443 e. The van der Waals surface area contributed by atoms with E-state index in [9.17, 15) is 0 Å². The second-order valence-corrected chi connectivity index (χ2v) is 4.84. The molecule has 1 unspecified atom stereocenters. The van der Waals surface area contributed by atoms with Crippen molar-refractivity contribution in [3.05, 3.63) is 17.9 Å². The number of unbranched alkanes of at least 4 members (excludes halogenated alkanes) is 3. The van der Waals surface area contributed by atoms with E-state index in [4.69, 9.17) is 0 Å². The topological polar surface area (TPSA) is 3.24 Å². The van der Waals surface area contributed by atoms with E-state index in [0.717, 1.165) is 6.54 Å². The Morgan fingerprint density at radius 3 is 2.38 bits per heavy atom. The molecule has 0 N–H and O–H groups in total. The fraction of sp³-hybridized carbons (Fsp3) is 0.800. The predicted octanol–water partition coefficient (Wildman–Crippen LogP) is 4.26. The highest BCUT2D eigenvalue weighted by molar-refractivity contribution is 4.90. The quantitative estimate of drug-likeness (QED) is 0.417. The molecule has 1 heteroatoms. The largest absolute Gasteiger partial charge is 0.309 e. The minimum absolute atomic E-state index is 0.674. The van der Waals surface area contributed by atoms with E-state index in [0.29, 0.717) is 5.92 Å². The van der Waals surface area contributed by atoms with E-state index >= 15 is 0 Å². The molecule has 0 spiro atoms. The zero-order chi connectivity index (χ0) is 12.2. The van der Waals surface area contributed by atoms with Crippen LogP contribution in [-0.4, -0.2) is 25.5 Å². The van der Waals surface area contributed by atoms with Crippen molar-refractivity contribution >= 4 is 0 Å². The molecule has 0 rings (SSSR count). The fourth-order valence-corrected chi connectivity index (χ4v) is 1.76. The molecular formula is C15H29N. The van der Waals surface area contributed by atoms with Crippen LogP contribution in [-0.2, 0) is 0 Å². The van der Waals surface area contributed by atoms with Crippen LogP contribution in [0.25, 0.3) is 0 Å². The molecule has 0 saturated carbocycles. The summed E-state index contributed by atoms with van der Waals surface area (Å²) in [6.07, 6.45) is 12.1. The molecule has 0 fully saturated rings. The molecule has 0 aliphatic rings. The van der Waals surface area contributed by atoms with E-state index in [1.807, 2.05) is 0 Å². The van der Waals surface area contributed by atoms with E-state index in [1.165, 1.54) is 38.5 Å². The lowest BCUT2D eigenvalue weighted by molar-refractivity contribution is 0.344. The molecule has 94 valence electrons. The van der Waals surface area contributed by atoms with Crippen LogP contribution < -0.4 is 0 Å². The fourth-order valence-electron chi connectivity index (χ4n) is 1.76. The minimum Gasteiger partial charge on any atom is -0.309 e. The summed E-state index contributed by atoms with van der Waals surface area (Å²) in [4.78, 5) is 2.27. The van der Waals surface area contributed by atoms with E-state index < -0.39 is 0 Å². The monoisotopic (exact) mass is 223 g/mol. The molecule has 0 aliphatic heterocycles. The predicted molar refractivity (Wildman–Crippen MR) is 73.7 cm³/mol. The SMILES string of the molecule is CCCCC=C=CC(CCCC)CN(C)C. The van der Waals surface area contributed by atoms with Gasteiger partial charge in [0.05, 0.1) is 0 Å². The molecular weight excluding hydrogens is 194 g/mol. The van der Waals surface area contributed by atoms with Crippen molar-refractivity contribution in [3.63, 3.8) is 0 Å². The van der Waals surface area contributed by atoms with Crippen LogP contribution in [0.4, 0.5) is 0 Å². The summed E-state index contributed by atoms with van der Waals surface area (Å²) >= 11 is 0. The molecule has 0 aromatic carbocycles. The van der Waals surface area contributed by atoms with Gasteiger partial charge in [0.2, 0.25) is 0 Å². The lowest BCUT2D eigenvalue weighted by Gasteiger charge is -2.16. The van der Waals surface area contributed by atoms with Crippen molar-refractivity contribution in [1.29, 1.82) is 0 Å². The average Bonchev–Trinajstić information content (AvgIpc) is 2.24. The molecule has 1 nitrogen and oxygen atoms in total. The summed E-state index contributed by atoms with van der Waals surface area (Å²) < 4.78 is 0. The van der Waals surface area contributed by atoms with Gasteiger partial charge in [-0.05, 0) is 51.4 Å². The van der Waals surface area contributed by atoms with E-state index in [1.54, 1.807) is 0 Å². The van der Waals surface area contributed by atoms with Gasteiger partial charge < -0.3 is 4.90 Å². The maximum atomic E-state index is 3.36. The first-order chi connectivity index (χ1) is 7.70. The van der Waals surface area contributed by atoms with Gasteiger partial charge in [-0.15, -0.1) is 5.73 Å². The second-order valence-electron chi connectivity index (χ2n) is 4.84. The zero-order valence-corrected chi connectivity index (χ0v) is 11.6. The molecule has 0 amide bonds. The molecule has 0 aromatic heterocycles. The first-order valence-corrected chi connectivity index (χ1v) is 6.76. The van der Waals surface area contributed by atoms with Crippen LogP contribution in [0, 0.1) is 5.92 Å². The lowest BCUT2D eigenvalue weighted by Crippen LogP contribution is -2.20. The van der Waals surface area contributed by atoms with Gasteiger partial charge in [-0.2, -0.15) is 0 Å². The summed E-state index contributed by atoms with van der Waals surface area (Å²) in [5.41, 5.74) is 3.36. The van der Waals surface area contributed by atoms with Gasteiger partial charge in [0.1, 0.15) is 0 Å². The number of nitrogens with zero attached hydrogens (tertiary/aromatic N) is 1. The van der Waals surface area contributed by atoms with Crippen LogP contribution in [0.15, 0.2) is 17.9 Å². The molecule has 0 heterocycles. The highest BCUT2D eigenvalue weighted by Gasteiger charge is 2.04. The van der Waals surface area contributed by atoms with Crippen molar-refractivity contribution in [2.24, 2.45) is 5.92 Å². The molecule has 0 aliphatic carbocycles. The Balaban J connectivity index is 4.01. The first-order valence-electron chi connectivity index (χ1n) is 6.76. The number of hydrogen-bond donors (Lipinski definition) is 0. The van der Waals surface area contributed by atoms with Crippen LogP contribution in [0.1, 0.15) is 52.4 Å². The summed E-state index contributed by atoms with van der Waals surface area (Å²) in [6, 6.07) is 0. The maximum absolute atomic E-state index is 3.36. The molecule has 0 bridgehead atoms. The molecule has 1 atom stereocenters. The normalized spacial score (nSPS) is 12.3. The highest BCUT2D eigenvalue weighted by Crippen LogP contribution is 2.10. The van der Waals surface area contributed by atoms with Crippen molar-refractivity contribution in [1.82, 2.24) is 4.90 Å². The van der Waals surface area contributed by atoms with Crippen molar-refractivity contribution < 1.29 is 0 Å². The molecule has 0 radical (unpaired) electrons. The van der Waals surface area contributed by atoms with Gasteiger partial charge in [0.25, 0.3) is 0 Å². The van der Waals surface area contributed by atoms with Gasteiger partial charge in [-0.25, -0.2) is 0 Å². The molecule has 0 aromatic rings. The lowest BCUT2D eigenvalue weighted by atomic mass is 10.0. The van der Waals surface area contributed by atoms with E-state index in [-0.39, 0.29) is 0 Å². The van der Waals surface area contributed by atoms with Gasteiger partial charge in [0.15, 0.2) is 0 Å². The molecule has 0 saturated heterocycles.